The van der Waals surface area contributed by atoms with Crippen LogP contribution in [-0.2, 0) is 11.2 Å². The number of benzene rings is 1. The minimum absolute atomic E-state index is 0.267. The highest BCUT2D eigenvalue weighted by Gasteiger charge is 2.37. The topological polar surface area (TPSA) is 50.8 Å². The summed E-state index contributed by atoms with van der Waals surface area (Å²) in [6.45, 7) is -0.231. The maximum Gasteiger partial charge on any atom is 0.406 e. The first-order valence-electron chi connectivity index (χ1n) is 8.21. The maximum absolute atomic E-state index is 12.8. The third-order valence-corrected chi connectivity index (χ3v) is 4.09. The summed E-state index contributed by atoms with van der Waals surface area (Å²) in [6.07, 6.45) is -3.06. The molecule has 0 radical (unpaired) electrons. The van der Waals surface area contributed by atoms with Crippen molar-refractivity contribution in [3.63, 3.8) is 0 Å². The number of hydrogen-bond donors (Lipinski definition) is 1. The quantitative estimate of drug-likeness (QED) is 0.849. The number of methoxy groups -OCH3 is 1. The summed E-state index contributed by atoms with van der Waals surface area (Å²) in [5, 5.41) is 2.59. The number of nitrogens with one attached hydrogen (secondary N) is 1. The molecule has 1 N–H and O–H groups in total. The lowest BCUT2D eigenvalue weighted by Gasteiger charge is -2.34. The minimum Gasteiger partial charge on any atom is -0.497 e. The Hall–Kier alpha value is -1.96. The summed E-state index contributed by atoms with van der Waals surface area (Å²) in [5.41, 5.74) is 0.967. The lowest BCUT2D eigenvalue weighted by atomic mass is 10.1. The molecule has 1 fully saturated rings. The van der Waals surface area contributed by atoms with Crippen molar-refractivity contribution >= 4 is 6.03 Å². The first-order chi connectivity index (χ1) is 11.9. The van der Waals surface area contributed by atoms with Crippen LogP contribution in [0.5, 0.6) is 5.75 Å². The van der Waals surface area contributed by atoms with E-state index in [9.17, 15) is 18.0 Å². The second-order valence-electron chi connectivity index (χ2n) is 5.92. The van der Waals surface area contributed by atoms with Crippen LogP contribution in [0.2, 0.25) is 0 Å². The van der Waals surface area contributed by atoms with Crippen molar-refractivity contribution in [3.05, 3.63) is 29.8 Å². The Morgan fingerprint density at radius 1 is 1.28 bits per heavy atom. The van der Waals surface area contributed by atoms with Crippen LogP contribution in [-0.4, -0.2) is 56.6 Å². The highest BCUT2D eigenvalue weighted by Crippen LogP contribution is 2.22. The Morgan fingerprint density at radius 2 is 1.92 bits per heavy atom. The molecule has 1 saturated heterocycles. The van der Waals surface area contributed by atoms with E-state index in [0.717, 1.165) is 16.2 Å². The fourth-order valence-corrected chi connectivity index (χ4v) is 2.76. The molecule has 2 rings (SSSR count). The van der Waals surface area contributed by atoms with E-state index in [1.54, 1.807) is 19.2 Å². The maximum atomic E-state index is 12.8. The van der Waals surface area contributed by atoms with Crippen LogP contribution in [0.4, 0.5) is 18.0 Å². The van der Waals surface area contributed by atoms with Crippen molar-refractivity contribution in [3.8, 4) is 5.75 Å². The van der Waals surface area contributed by atoms with Gasteiger partial charge >= 0.3 is 12.2 Å². The summed E-state index contributed by atoms with van der Waals surface area (Å²) in [7, 11) is 1.57. The van der Waals surface area contributed by atoms with Gasteiger partial charge in [0.25, 0.3) is 0 Å². The third-order valence-electron chi connectivity index (χ3n) is 4.09. The molecule has 0 spiro atoms. The Labute approximate surface area is 145 Å². The van der Waals surface area contributed by atoms with Crippen molar-refractivity contribution in [1.82, 2.24) is 10.2 Å². The number of nitrogens with zero attached hydrogens (tertiary/aromatic N) is 1. The van der Waals surface area contributed by atoms with Crippen LogP contribution in [0.15, 0.2) is 24.3 Å². The molecule has 1 aliphatic heterocycles. The van der Waals surface area contributed by atoms with Gasteiger partial charge in [-0.2, -0.15) is 13.2 Å². The van der Waals surface area contributed by atoms with Crippen LogP contribution in [0.25, 0.3) is 0 Å². The molecule has 0 bridgehead atoms. The predicted octanol–water partition coefficient (Wildman–Crippen LogP) is 2.99. The highest BCUT2D eigenvalue weighted by molar-refractivity contribution is 5.74. The summed E-state index contributed by atoms with van der Waals surface area (Å²) >= 11 is 0. The zero-order chi connectivity index (χ0) is 18.3. The number of amides is 2. The molecular formula is C17H23F3N2O3. The van der Waals surface area contributed by atoms with Gasteiger partial charge in [0.1, 0.15) is 12.3 Å². The van der Waals surface area contributed by atoms with Crippen molar-refractivity contribution in [2.45, 2.75) is 31.5 Å². The monoisotopic (exact) mass is 360 g/mol. The lowest BCUT2D eigenvalue weighted by molar-refractivity contribution is -0.146. The number of hydrogen-bond acceptors (Lipinski definition) is 3. The van der Waals surface area contributed by atoms with E-state index in [1.165, 1.54) is 0 Å². The van der Waals surface area contributed by atoms with Crippen LogP contribution < -0.4 is 10.1 Å². The van der Waals surface area contributed by atoms with Crippen molar-refractivity contribution in [2.75, 3.05) is 33.4 Å². The normalized spacial score (nSPS) is 15.7. The van der Waals surface area contributed by atoms with Crippen molar-refractivity contribution < 1.29 is 27.4 Å². The van der Waals surface area contributed by atoms with Gasteiger partial charge < -0.3 is 19.7 Å². The largest absolute Gasteiger partial charge is 0.497 e. The molecule has 1 aromatic rings. The van der Waals surface area contributed by atoms with Crippen LogP contribution in [0.3, 0.4) is 0 Å². The predicted molar refractivity (Wildman–Crippen MR) is 86.7 cm³/mol. The van der Waals surface area contributed by atoms with E-state index in [-0.39, 0.29) is 6.54 Å². The molecule has 1 aliphatic rings. The molecule has 1 heterocycles. The average Bonchev–Trinajstić information content (AvgIpc) is 2.60. The lowest BCUT2D eigenvalue weighted by Crippen LogP contribution is -2.52. The molecule has 5 nitrogen and oxygen atoms in total. The Morgan fingerprint density at radius 3 is 2.48 bits per heavy atom. The van der Waals surface area contributed by atoms with Gasteiger partial charge in [-0.25, -0.2) is 4.79 Å². The number of carbonyl (C=O) groups excluding carboxylic acids is 1. The molecule has 0 aromatic heterocycles. The average molecular weight is 360 g/mol. The van der Waals surface area contributed by atoms with Gasteiger partial charge in [0.05, 0.1) is 7.11 Å². The summed E-state index contributed by atoms with van der Waals surface area (Å²) < 4.78 is 48.7. The molecule has 8 heteroatoms. The summed E-state index contributed by atoms with van der Waals surface area (Å²) in [6, 6.07) is 6.19. The number of halogens is 3. The molecular weight excluding hydrogens is 337 g/mol. The van der Waals surface area contributed by atoms with Crippen LogP contribution in [0, 0.1) is 0 Å². The van der Waals surface area contributed by atoms with Gasteiger partial charge in [-0.1, -0.05) is 12.1 Å². The highest BCUT2D eigenvalue weighted by atomic mass is 19.4. The zero-order valence-electron chi connectivity index (χ0n) is 14.1. The Kier molecular flexibility index (Phi) is 6.92. The molecule has 0 aliphatic carbocycles. The number of urea groups is 1. The van der Waals surface area contributed by atoms with E-state index < -0.39 is 24.8 Å². The number of rotatable bonds is 6. The van der Waals surface area contributed by atoms with Crippen molar-refractivity contribution in [1.29, 1.82) is 0 Å². The van der Waals surface area contributed by atoms with Crippen LogP contribution >= 0.6 is 0 Å². The van der Waals surface area contributed by atoms with Gasteiger partial charge in [0, 0.05) is 25.8 Å². The van der Waals surface area contributed by atoms with Gasteiger partial charge in [0.2, 0.25) is 0 Å². The van der Waals surface area contributed by atoms with E-state index in [1.807, 2.05) is 12.1 Å². The zero-order valence-corrected chi connectivity index (χ0v) is 14.1. The SMILES string of the molecule is COc1ccc(CCNC(=O)N(CC(F)(F)F)C2CCOCC2)cc1. The van der Waals surface area contributed by atoms with E-state index >= 15 is 0 Å². The first-order valence-corrected chi connectivity index (χ1v) is 8.21. The molecule has 2 amide bonds. The smallest absolute Gasteiger partial charge is 0.406 e. The Balaban J connectivity index is 1.89. The van der Waals surface area contributed by atoms with Gasteiger partial charge in [-0.05, 0) is 37.0 Å². The summed E-state index contributed by atoms with van der Waals surface area (Å²) in [5.74, 6) is 0.726. The molecule has 140 valence electrons. The molecule has 1 aromatic carbocycles. The van der Waals surface area contributed by atoms with E-state index in [0.29, 0.717) is 32.5 Å². The van der Waals surface area contributed by atoms with E-state index in [4.69, 9.17) is 9.47 Å². The molecule has 0 atom stereocenters. The standard InChI is InChI=1S/C17H23F3N2O3/c1-24-15-4-2-13(3-5-15)6-9-21-16(23)22(12-17(18,19)20)14-7-10-25-11-8-14/h2-5,14H,6-12H2,1H3,(H,21,23). The molecule has 25 heavy (non-hydrogen) atoms. The first kappa shape index (κ1) is 19.4. The fraction of sp³-hybridized carbons (Fsp3) is 0.588. The van der Waals surface area contributed by atoms with Gasteiger partial charge in [0.15, 0.2) is 0 Å². The number of alkyl halides is 3. The van der Waals surface area contributed by atoms with Gasteiger partial charge in [-0.3, -0.25) is 0 Å². The molecule has 0 saturated carbocycles. The van der Waals surface area contributed by atoms with Crippen molar-refractivity contribution in [2.24, 2.45) is 0 Å². The second-order valence-corrected chi connectivity index (χ2v) is 5.92. The fourth-order valence-electron chi connectivity index (χ4n) is 2.76. The second kappa shape index (κ2) is 8.94. The number of ether oxygens (including phenoxy) is 2. The van der Waals surface area contributed by atoms with Gasteiger partial charge in [-0.15, -0.1) is 0 Å². The Bertz CT molecular complexity index is 543. The van der Waals surface area contributed by atoms with E-state index in [2.05, 4.69) is 5.32 Å². The molecule has 0 unspecified atom stereocenters. The van der Waals surface area contributed by atoms with Crippen LogP contribution in [0.1, 0.15) is 18.4 Å². The number of carbonyl (C=O) groups is 1. The minimum atomic E-state index is -4.42. The summed E-state index contributed by atoms with van der Waals surface area (Å²) in [4.78, 5) is 13.2. The third kappa shape index (κ3) is 6.45.